The lowest BCUT2D eigenvalue weighted by molar-refractivity contribution is -0.130. The SMILES string of the molecule is CC(C)NC(=O)CCNCC(=O)N1CCCCCC1. The number of nitrogens with zero attached hydrogens (tertiary/aromatic N) is 1. The fraction of sp³-hybridized carbons (Fsp3) is 0.857. The molecule has 1 heterocycles. The summed E-state index contributed by atoms with van der Waals surface area (Å²) in [5.41, 5.74) is 0. The van der Waals surface area contributed by atoms with Gasteiger partial charge in [0.25, 0.3) is 0 Å². The third-order valence-electron chi connectivity index (χ3n) is 3.21. The minimum Gasteiger partial charge on any atom is -0.354 e. The van der Waals surface area contributed by atoms with Crippen molar-refractivity contribution in [1.29, 1.82) is 0 Å². The van der Waals surface area contributed by atoms with E-state index in [-0.39, 0.29) is 17.9 Å². The zero-order valence-electron chi connectivity index (χ0n) is 12.2. The molecule has 110 valence electrons. The van der Waals surface area contributed by atoms with E-state index in [4.69, 9.17) is 0 Å². The highest BCUT2D eigenvalue weighted by Crippen LogP contribution is 2.09. The van der Waals surface area contributed by atoms with Gasteiger partial charge < -0.3 is 15.5 Å². The van der Waals surface area contributed by atoms with E-state index in [1.54, 1.807) is 0 Å². The lowest BCUT2D eigenvalue weighted by Gasteiger charge is -2.20. The van der Waals surface area contributed by atoms with Crippen LogP contribution in [-0.2, 0) is 9.59 Å². The van der Waals surface area contributed by atoms with Gasteiger partial charge in [-0.05, 0) is 26.7 Å². The van der Waals surface area contributed by atoms with Crippen molar-refractivity contribution in [3.63, 3.8) is 0 Å². The van der Waals surface area contributed by atoms with Gasteiger partial charge in [-0.15, -0.1) is 0 Å². The van der Waals surface area contributed by atoms with E-state index in [2.05, 4.69) is 10.6 Å². The standard InChI is InChI=1S/C14H27N3O2/c1-12(2)16-13(18)7-8-15-11-14(19)17-9-5-3-4-6-10-17/h12,15H,3-11H2,1-2H3,(H,16,18). The lowest BCUT2D eigenvalue weighted by atomic mass is 10.2. The van der Waals surface area contributed by atoms with Crippen LogP contribution in [-0.4, -0.2) is 48.9 Å². The molecule has 1 aliphatic heterocycles. The van der Waals surface area contributed by atoms with Crippen LogP contribution in [0.4, 0.5) is 0 Å². The van der Waals surface area contributed by atoms with E-state index in [1.807, 2.05) is 18.7 Å². The van der Waals surface area contributed by atoms with E-state index >= 15 is 0 Å². The van der Waals surface area contributed by atoms with Gasteiger partial charge in [-0.2, -0.15) is 0 Å². The molecule has 0 spiro atoms. The Morgan fingerprint density at radius 3 is 2.32 bits per heavy atom. The molecule has 5 heteroatoms. The molecule has 5 nitrogen and oxygen atoms in total. The van der Waals surface area contributed by atoms with Crippen LogP contribution in [0.3, 0.4) is 0 Å². The molecule has 2 amide bonds. The fourth-order valence-corrected chi connectivity index (χ4v) is 2.22. The minimum atomic E-state index is 0.0321. The quantitative estimate of drug-likeness (QED) is 0.704. The first-order valence-corrected chi connectivity index (χ1v) is 7.37. The van der Waals surface area contributed by atoms with E-state index < -0.39 is 0 Å². The predicted molar refractivity (Wildman–Crippen MR) is 75.8 cm³/mol. The van der Waals surface area contributed by atoms with Crippen molar-refractivity contribution in [2.24, 2.45) is 0 Å². The number of nitrogens with one attached hydrogen (secondary N) is 2. The van der Waals surface area contributed by atoms with Crippen LogP contribution in [0.25, 0.3) is 0 Å². The van der Waals surface area contributed by atoms with Gasteiger partial charge in [-0.1, -0.05) is 12.8 Å². The van der Waals surface area contributed by atoms with Gasteiger partial charge in [0, 0.05) is 32.1 Å². The number of carbonyl (C=O) groups is 2. The summed E-state index contributed by atoms with van der Waals surface area (Å²) in [6, 6.07) is 0.172. The number of likely N-dealkylation sites (tertiary alicyclic amines) is 1. The topological polar surface area (TPSA) is 61.4 Å². The summed E-state index contributed by atoms with van der Waals surface area (Å²) in [6.07, 6.45) is 5.11. The van der Waals surface area contributed by atoms with Crippen molar-refractivity contribution < 1.29 is 9.59 Å². The summed E-state index contributed by atoms with van der Waals surface area (Å²) < 4.78 is 0. The van der Waals surface area contributed by atoms with Crippen molar-refractivity contribution in [2.45, 2.75) is 52.0 Å². The minimum absolute atomic E-state index is 0.0321. The first-order valence-electron chi connectivity index (χ1n) is 7.37. The second-order valence-corrected chi connectivity index (χ2v) is 5.44. The molecule has 1 saturated heterocycles. The Hall–Kier alpha value is -1.10. The molecule has 0 aromatic heterocycles. The van der Waals surface area contributed by atoms with Gasteiger partial charge in [-0.3, -0.25) is 9.59 Å². The molecule has 1 aliphatic rings. The maximum absolute atomic E-state index is 11.9. The zero-order chi connectivity index (χ0) is 14.1. The molecule has 0 radical (unpaired) electrons. The highest BCUT2D eigenvalue weighted by Gasteiger charge is 2.14. The summed E-state index contributed by atoms with van der Waals surface area (Å²) in [5.74, 6) is 0.191. The molecule has 0 unspecified atom stereocenters. The van der Waals surface area contributed by atoms with Crippen LogP contribution in [0.5, 0.6) is 0 Å². The molecule has 0 aliphatic carbocycles. The third kappa shape index (κ3) is 7.15. The number of hydrogen-bond donors (Lipinski definition) is 2. The molecular formula is C14H27N3O2. The highest BCUT2D eigenvalue weighted by molar-refractivity contribution is 5.78. The Bertz CT molecular complexity index is 284. The molecule has 0 aromatic carbocycles. The van der Waals surface area contributed by atoms with Gasteiger partial charge >= 0.3 is 0 Å². The number of hydrogen-bond acceptors (Lipinski definition) is 3. The maximum atomic E-state index is 11.9. The van der Waals surface area contributed by atoms with Gasteiger partial charge in [0.1, 0.15) is 0 Å². The zero-order valence-corrected chi connectivity index (χ0v) is 12.2. The van der Waals surface area contributed by atoms with E-state index in [9.17, 15) is 9.59 Å². The molecule has 0 bridgehead atoms. The van der Waals surface area contributed by atoms with E-state index in [0.717, 1.165) is 25.9 Å². The second-order valence-electron chi connectivity index (χ2n) is 5.44. The first kappa shape index (κ1) is 16.0. The average Bonchev–Trinajstić information content (AvgIpc) is 2.62. The summed E-state index contributed by atoms with van der Waals surface area (Å²) >= 11 is 0. The molecule has 1 rings (SSSR count). The summed E-state index contributed by atoms with van der Waals surface area (Å²) in [5, 5.41) is 5.88. The van der Waals surface area contributed by atoms with Crippen LogP contribution < -0.4 is 10.6 Å². The Balaban J connectivity index is 2.11. The van der Waals surface area contributed by atoms with E-state index in [1.165, 1.54) is 12.8 Å². The van der Waals surface area contributed by atoms with Crippen LogP contribution in [0, 0.1) is 0 Å². The number of rotatable bonds is 6. The molecular weight excluding hydrogens is 242 g/mol. The van der Waals surface area contributed by atoms with Crippen molar-refractivity contribution in [3.8, 4) is 0 Å². The van der Waals surface area contributed by atoms with Crippen LogP contribution >= 0.6 is 0 Å². The Morgan fingerprint density at radius 2 is 1.74 bits per heavy atom. The summed E-state index contributed by atoms with van der Waals surface area (Å²) in [7, 11) is 0. The highest BCUT2D eigenvalue weighted by atomic mass is 16.2. The van der Waals surface area contributed by atoms with Crippen LogP contribution in [0.1, 0.15) is 46.0 Å². The lowest BCUT2D eigenvalue weighted by Crippen LogP contribution is -2.40. The summed E-state index contributed by atoms with van der Waals surface area (Å²) in [4.78, 5) is 25.3. The van der Waals surface area contributed by atoms with Gasteiger partial charge in [0.05, 0.1) is 6.54 Å². The van der Waals surface area contributed by atoms with Crippen molar-refractivity contribution in [2.75, 3.05) is 26.2 Å². The average molecular weight is 269 g/mol. The van der Waals surface area contributed by atoms with E-state index in [0.29, 0.717) is 19.5 Å². The predicted octanol–water partition coefficient (Wildman–Crippen LogP) is 0.893. The molecule has 19 heavy (non-hydrogen) atoms. The second kappa shape index (κ2) is 8.91. The number of carbonyl (C=O) groups excluding carboxylic acids is 2. The molecule has 0 saturated carbocycles. The first-order chi connectivity index (χ1) is 9.09. The molecule has 1 fully saturated rings. The third-order valence-corrected chi connectivity index (χ3v) is 3.21. The normalized spacial score (nSPS) is 16.3. The number of amides is 2. The fourth-order valence-electron chi connectivity index (χ4n) is 2.22. The maximum Gasteiger partial charge on any atom is 0.236 e. The summed E-state index contributed by atoms with van der Waals surface area (Å²) in [6.45, 7) is 6.54. The van der Waals surface area contributed by atoms with Gasteiger partial charge in [0.2, 0.25) is 11.8 Å². The van der Waals surface area contributed by atoms with Gasteiger partial charge in [0.15, 0.2) is 0 Å². The van der Waals surface area contributed by atoms with Crippen LogP contribution in [0.15, 0.2) is 0 Å². The largest absolute Gasteiger partial charge is 0.354 e. The Morgan fingerprint density at radius 1 is 1.11 bits per heavy atom. The molecule has 0 aromatic rings. The molecule has 2 N–H and O–H groups in total. The van der Waals surface area contributed by atoms with Crippen molar-refractivity contribution in [3.05, 3.63) is 0 Å². The Kier molecular flexibility index (Phi) is 7.48. The monoisotopic (exact) mass is 269 g/mol. The van der Waals surface area contributed by atoms with Crippen molar-refractivity contribution >= 4 is 11.8 Å². The van der Waals surface area contributed by atoms with Crippen LogP contribution in [0.2, 0.25) is 0 Å². The molecule has 0 atom stereocenters. The Labute approximate surface area is 116 Å². The smallest absolute Gasteiger partial charge is 0.236 e. The van der Waals surface area contributed by atoms with Crippen molar-refractivity contribution in [1.82, 2.24) is 15.5 Å². The van der Waals surface area contributed by atoms with Gasteiger partial charge in [-0.25, -0.2) is 0 Å².